The highest BCUT2D eigenvalue weighted by Gasteiger charge is 2.29. The SMILES string of the molecule is COc1ccc(C(=O)N2CCN(C(=O)c3c(C)nn(Cc4ccc(C)cc4)c3Cl)CC2)cc1OC. The molecular weight excluding hydrogens is 468 g/mol. The molecule has 9 heteroatoms. The molecule has 0 unspecified atom stereocenters. The van der Waals surface area contributed by atoms with Crippen molar-refractivity contribution in [2.45, 2.75) is 20.4 Å². The number of nitrogens with zero attached hydrogens (tertiary/aromatic N) is 4. The molecule has 1 fully saturated rings. The minimum absolute atomic E-state index is 0.113. The quantitative estimate of drug-likeness (QED) is 0.518. The Kier molecular flexibility index (Phi) is 7.31. The van der Waals surface area contributed by atoms with Crippen LogP contribution >= 0.6 is 11.6 Å². The number of halogens is 1. The highest BCUT2D eigenvalue weighted by Crippen LogP contribution is 2.28. The minimum atomic E-state index is -0.166. The summed E-state index contributed by atoms with van der Waals surface area (Å²) < 4.78 is 12.2. The van der Waals surface area contributed by atoms with Gasteiger partial charge in [0.2, 0.25) is 0 Å². The van der Waals surface area contributed by atoms with Crippen LogP contribution in [0.5, 0.6) is 11.5 Å². The molecule has 1 aromatic heterocycles. The van der Waals surface area contributed by atoms with Crippen LogP contribution in [-0.4, -0.2) is 71.8 Å². The molecule has 1 saturated heterocycles. The third-order valence-corrected chi connectivity index (χ3v) is 6.60. The van der Waals surface area contributed by atoms with E-state index in [0.717, 1.165) is 5.56 Å². The monoisotopic (exact) mass is 496 g/mol. The lowest BCUT2D eigenvalue weighted by Crippen LogP contribution is -2.50. The van der Waals surface area contributed by atoms with Crippen LogP contribution in [0.3, 0.4) is 0 Å². The average molecular weight is 497 g/mol. The van der Waals surface area contributed by atoms with Gasteiger partial charge in [-0.15, -0.1) is 0 Å². The summed E-state index contributed by atoms with van der Waals surface area (Å²) >= 11 is 6.60. The predicted molar refractivity (Wildman–Crippen MR) is 134 cm³/mol. The van der Waals surface area contributed by atoms with Crippen LogP contribution in [0.1, 0.15) is 37.5 Å². The van der Waals surface area contributed by atoms with Crippen molar-refractivity contribution in [1.82, 2.24) is 19.6 Å². The Morgan fingerprint density at radius 2 is 1.49 bits per heavy atom. The van der Waals surface area contributed by atoms with Gasteiger partial charge < -0.3 is 19.3 Å². The van der Waals surface area contributed by atoms with Gasteiger partial charge in [-0.2, -0.15) is 5.10 Å². The first kappa shape index (κ1) is 24.6. The first-order valence-corrected chi connectivity index (χ1v) is 11.8. The van der Waals surface area contributed by atoms with Crippen molar-refractivity contribution in [2.24, 2.45) is 0 Å². The van der Waals surface area contributed by atoms with E-state index in [0.29, 0.717) is 66.2 Å². The molecule has 0 spiro atoms. The largest absolute Gasteiger partial charge is 0.493 e. The lowest BCUT2D eigenvalue weighted by molar-refractivity contribution is 0.0535. The predicted octanol–water partition coefficient (Wildman–Crippen LogP) is 3.82. The molecule has 3 aromatic rings. The van der Waals surface area contributed by atoms with Crippen LogP contribution in [0.25, 0.3) is 0 Å². The second-order valence-corrected chi connectivity index (χ2v) is 8.91. The Labute approximate surface area is 210 Å². The number of hydrogen-bond acceptors (Lipinski definition) is 5. The molecule has 0 N–H and O–H groups in total. The Bertz CT molecular complexity index is 1230. The summed E-state index contributed by atoms with van der Waals surface area (Å²) in [5.41, 5.74) is 3.76. The van der Waals surface area contributed by atoms with E-state index in [1.807, 2.05) is 31.2 Å². The first-order valence-electron chi connectivity index (χ1n) is 11.4. The van der Waals surface area contributed by atoms with Crippen molar-refractivity contribution in [3.05, 3.63) is 75.6 Å². The fraction of sp³-hybridized carbons (Fsp3) is 0.346. The highest BCUT2D eigenvalue weighted by molar-refractivity contribution is 6.33. The first-order chi connectivity index (χ1) is 16.8. The number of carbonyl (C=O) groups excluding carboxylic acids is 2. The molecule has 35 heavy (non-hydrogen) atoms. The van der Waals surface area contributed by atoms with Gasteiger partial charge in [-0.25, -0.2) is 4.68 Å². The van der Waals surface area contributed by atoms with Gasteiger partial charge in [-0.1, -0.05) is 41.4 Å². The van der Waals surface area contributed by atoms with Gasteiger partial charge in [0.15, 0.2) is 11.5 Å². The summed E-state index contributed by atoms with van der Waals surface area (Å²) in [5, 5.41) is 4.84. The molecule has 0 radical (unpaired) electrons. The highest BCUT2D eigenvalue weighted by atomic mass is 35.5. The Hall–Kier alpha value is -3.52. The number of carbonyl (C=O) groups is 2. The molecule has 0 saturated carbocycles. The van der Waals surface area contributed by atoms with Crippen molar-refractivity contribution in [2.75, 3.05) is 40.4 Å². The number of hydrogen-bond donors (Lipinski definition) is 0. The fourth-order valence-corrected chi connectivity index (χ4v) is 4.51. The number of methoxy groups -OCH3 is 2. The van der Waals surface area contributed by atoms with E-state index in [1.165, 1.54) is 12.7 Å². The molecule has 2 amide bonds. The van der Waals surface area contributed by atoms with Crippen molar-refractivity contribution in [1.29, 1.82) is 0 Å². The Balaban J connectivity index is 1.42. The van der Waals surface area contributed by atoms with E-state index in [2.05, 4.69) is 5.10 Å². The Morgan fingerprint density at radius 3 is 2.09 bits per heavy atom. The molecule has 0 atom stereocenters. The second-order valence-electron chi connectivity index (χ2n) is 8.55. The summed E-state index contributed by atoms with van der Waals surface area (Å²) in [6, 6.07) is 13.2. The normalized spacial score (nSPS) is 13.6. The number of rotatable bonds is 6. The molecule has 2 heterocycles. The summed E-state index contributed by atoms with van der Waals surface area (Å²) in [7, 11) is 3.09. The Morgan fingerprint density at radius 1 is 0.886 bits per heavy atom. The molecule has 1 aliphatic heterocycles. The number of amides is 2. The maximum Gasteiger partial charge on any atom is 0.259 e. The minimum Gasteiger partial charge on any atom is -0.493 e. The van der Waals surface area contributed by atoms with Gasteiger partial charge in [0.1, 0.15) is 5.15 Å². The number of ether oxygens (including phenoxy) is 2. The van der Waals surface area contributed by atoms with Crippen LogP contribution in [0.2, 0.25) is 5.15 Å². The van der Waals surface area contributed by atoms with Gasteiger partial charge in [-0.05, 0) is 37.6 Å². The van der Waals surface area contributed by atoms with Gasteiger partial charge in [-0.3, -0.25) is 9.59 Å². The number of aromatic nitrogens is 2. The van der Waals surface area contributed by atoms with Crippen molar-refractivity contribution < 1.29 is 19.1 Å². The fourth-order valence-electron chi connectivity index (χ4n) is 4.19. The summed E-state index contributed by atoms with van der Waals surface area (Å²) in [6.45, 7) is 5.99. The van der Waals surface area contributed by atoms with Crippen LogP contribution < -0.4 is 9.47 Å². The molecule has 184 valence electrons. The summed E-state index contributed by atoms with van der Waals surface area (Å²) in [4.78, 5) is 29.8. The van der Waals surface area contributed by atoms with Crippen molar-refractivity contribution >= 4 is 23.4 Å². The second kappa shape index (κ2) is 10.4. The smallest absolute Gasteiger partial charge is 0.259 e. The van der Waals surface area contributed by atoms with Crippen LogP contribution in [0.4, 0.5) is 0 Å². The number of piperazine rings is 1. The lowest BCUT2D eigenvalue weighted by atomic mass is 10.1. The molecule has 4 rings (SSSR count). The maximum atomic E-state index is 13.3. The average Bonchev–Trinajstić information content (AvgIpc) is 3.16. The molecular formula is C26H29ClN4O4. The van der Waals surface area contributed by atoms with E-state index >= 15 is 0 Å². The third-order valence-electron chi connectivity index (χ3n) is 6.22. The van der Waals surface area contributed by atoms with E-state index < -0.39 is 0 Å². The molecule has 1 aliphatic rings. The van der Waals surface area contributed by atoms with Crippen molar-refractivity contribution in [3.8, 4) is 11.5 Å². The summed E-state index contributed by atoms with van der Waals surface area (Å²) in [5.74, 6) is 0.786. The van der Waals surface area contributed by atoms with Gasteiger partial charge in [0.25, 0.3) is 11.8 Å². The standard InChI is InChI=1S/C26H29ClN4O4/c1-17-5-7-19(8-6-17)16-31-24(27)23(18(2)28-31)26(33)30-13-11-29(12-14-30)25(32)20-9-10-21(34-3)22(15-20)35-4/h5-10,15H,11-14,16H2,1-4H3. The number of aryl methyl sites for hydroxylation is 2. The van der Waals surface area contributed by atoms with Gasteiger partial charge >= 0.3 is 0 Å². The molecule has 2 aromatic carbocycles. The zero-order chi connectivity index (χ0) is 25.1. The molecule has 0 bridgehead atoms. The zero-order valence-corrected chi connectivity index (χ0v) is 21.1. The van der Waals surface area contributed by atoms with Crippen LogP contribution in [0, 0.1) is 13.8 Å². The van der Waals surface area contributed by atoms with Gasteiger partial charge in [0, 0.05) is 31.7 Å². The van der Waals surface area contributed by atoms with Crippen LogP contribution in [-0.2, 0) is 6.54 Å². The lowest BCUT2D eigenvalue weighted by Gasteiger charge is -2.35. The van der Waals surface area contributed by atoms with E-state index in [9.17, 15) is 9.59 Å². The molecule has 8 nitrogen and oxygen atoms in total. The summed E-state index contributed by atoms with van der Waals surface area (Å²) in [6.07, 6.45) is 0. The van der Waals surface area contributed by atoms with E-state index in [1.54, 1.807) is 46.7 Å². The van der Waals surface area contributed by atoms with Gasteiger partial charge in [0.05, 0.1) is 32.0 Å². The van der Waals surface area contributed by atoms with Crippen molar-refractivity contribution in [3.63, 3.8) is 0 Å². The third kappa shape index (κ3) is 5.12. The number of benzene rings is 2. The van der Waals surface area contributed by atoms with Crippen LogP contribution in [0.15, 0.2) is 42.5 Å². The topological polar surface area (TPSA) is 76.9 Å². The van der Waals surface area contributed by atoms with E-state index in [-0.39, 0.29) is 11.8 Å². The van der Waals surface area contributed by atoms with E-state index in [4.69, 9.17) is 21.1 Å². The maximum absolute atomic E-state index is 13.3. The molecule has 0 aliphatic carbocycles. The zero-order valence-electron chi connectivity index (χ0n) is 20.4.